The number of hydrogen-bond acceptors (Lipinski definition) is 3. The molecule has 2 heterocycles. The summed E-state index contributed by atoms with van der Waals surface area (Å²) in [5, 5.41) is 3.51. The minimum atomic E-state index is 0.500. The van der Waals surface area contributed by atoms with Crippen molar-refractivity contribution in [3.8, 4) is 0 Å². The van der Waals surface area contributed by atoms with Crippen LogP contribution in [0.5, 0.6) is 0 Å². The quantitative estimate of drug-likeness (QED) is 0.794. The highest BCUT2D eigenvalue weighted by molar-refractivity contribution is 4.78. The van der Waals surface area contributed by atoms with E-state index in [4.69, 9.17) is 4.74 Å². The fourth-order valence-corrected chi connectivity index (χ4v) is 3.04. The SMILES string of the molecule is CCCOC1CCCN(C[C@@H]2CCCNC2)C1. The summed E-state index contributed by atoms with van der Waals surface area (Å²) in [6, 6.07) is 0. The molecule has 0 aromatic heterocycles. The monoisotopic (exact) mass is 240 g/mol. The van der Waals surface area contributed by atoms with E-state index in [9.17, 15) is 0 Å². The first-order valence-electron chi connectivity index (χ1n) is 7.43. The molecule has 0 bridgehead atoms. The van der Waals surface area contributed by atoms with Crippen LogP contribution < -0.4 is 5.32 Å². The molecule has 3 heteroatoms. The summed E-state index contributed by atoms with van der Waals surface area (Å²) in [7, 11) is 0. The topological polar surface area (TPSA) is 24.5 Å². The highest BCUT2D eigenvalue weighted by Crippen LogP contribution is 2.17. The molecule has 0 aromatic carbocycles. The Hall–Kier alpha value is -0.120. The summed E-state index contributed by atoms with van der Waals surface area (Å²) >= 11 is 0. The molecule has 0 aliphatic carbocycles. The Labute approximate surface area is 106 Å². The van der Waals surface area contributed by atoms with Crippen molar-refractivity contribution in [1.82, 2.24) is 10.2 Å². The van der Waals surface area contributed by atoms with E-state index in [0.717, 1.165) is 25.5 Å². The summed E-state index contributed by atoms with van der Waals surface area (Å²) in [5.41, 5.74) is 0. The molecule has 0 spiro atoms. The van der Waals surface area contributed by atoms with Crippen LogP contribution in [0.1, 0.15) is 39.0 Å². The van der Waals surface area contributed by atoms with E-state index in [1.807, 2.05) is 0 Å². The Morgan fingerprint density at radius 1 is 1.29 bits per heavy atom. The largest absolute Gasteiger partial charge is 0.377 e. The fourth-order valence-electron chi connectivity index (χ4n) is 3.04. The van der Waals surface area contributed by atoms with Crippen LogP contribution in [0.2, 0.25) is 0 Å². The van der Waals surface area contributed by atoms with E-state index in [-0.39, 0.29) is 0 Å². The number of rotatable bonds is 5. The van der Waals surface area contributed by atoms with Crippen LogP contribution in [-0.4, -0.2) is 50.3 Å². The second kappa shape index (κ2) is 7.34. The lowest BCUT2D eigenvalue weighted by Crippen LogP contribution is -2.44. The van der Waals surface area contributed by atoms with Gasteiger partial charge in [0, 0.05) is 19.7 Å². The lowest BCUT2D eigenvalue weighted by Gasteiger charge is -2.36. The lowest BCUT2D eigenvalue weighted by atomic mass is 9.97. The molecule has 2 saturated heterocycles. The van der Waals surface area contributed by atoms with Crippen molar-refractivity contribution >= 4 is 0 Å². The maximum absolute atomic E-state index is 5.89. The maximum Gasteiger partial charge on any atom is 0.0702 e. The van der Waals surface area contributed by atoms with E-state index in [1.54, 1.807) is 0 Å². The minimum Gasteiger partial charge on any atom is -0.377 e. The van der Waals surface area contributed by atoms with Crippen molar-refractivity contribution in [3.05, 3.63) is 0 Å². The molecule has 0 amide bonds. The molecule has 2 aliphatic heterocycles. The molecular formula is C14H28N2O. The van der Waals surface area contributed by atoms with Gasteiger partial charge in [-0.1, -0.05) is 6.92 Å². The van der Waals surface area contributed by atoms with Gasteiger partial charge in [0.15, 0.2) is 0 Å². The molecule has 2 rings (SSSR count). The first-order valence-corrected chi connectivity index (χ1v) is 7.43. The zero-order valence-corrected chi connectivity index (χ0v) is 11.3. The molecule has 0 aromatic rings. The molecule has 2 atom stereocenters. The van der Waals surface area contributed by atoms with E-state index in [1.165, 1.54) is 51.9 Å². The number of ether oxygens (including phenoxy) is 1. The van der Waals surface area contributed by atoms with Crippen LogP contribution in [0.25, 0.3) is 0 Å². The maximum atomic E-state index is 5.89. The Balaban J connectivity index is 1.68. The average Bonchev–Trinajstić information content (AvgIpc) is 2.38. The van der Waals surface area contributed by atoms with E-state index >= 15 is 0 Å². The van der Waals surface area contributed by atoms with Gasteiger partial charge >= 0.3 is 0 Å². The van der Waals surface area contributed by atoms with Crippen LogP contribution in [0.3, 0.4) is 0 Å². The van der Waals surface area contributed by atoms with Crippen molar-refractivity contribution in [1.29, 1.82) is 0 Å². The molecule has 0 saturated carbocycles. The van der Waals surface area contributed by atoms with E-state index in [0.29, 0.717) is 6.10 Å². The number of likely N-dealkylation sites (tertiary alicyclic amines) is 1. The van der Waals surface area contributed by atoms with Gasteiger partial charge in [-0.05, 0) is 57.7 Å². The summed E-state index contributed by atoms with van der Waals surface area (Å²) in [6.07, 6.45) is 6.98. The Morgan fingerprint density at radius 2 is 2.24 bits per heavy atom. The first-order chi connectivity index (χ1) is 8.38. The van der Waals surface area contributed by atoms with Gasteiger partial charge in [0.25, 0.3) is 0 Å². The Morgan fingerprint density at radius 3 is 3.00 bits per heavy atom. The van der Waals surface area contributed by atoms with E-state index in [2.05, 4.69) is 17.1 Å². The zero-order valence-electron chi connectivity index (χ0n) is 11.3. The van der Waals surface area contributed by atoms with Gasteiger partial charge in [-0.3, -0.25) is 0 Å². The van der Waals surface area contributed by atoms with Gasteiger partial charge in [-0.25, -0.2) is 0 Å². The second-order valence-corrected chi connectivity index (χ2v) is 5.61. The Bertz CT molecular complexity index is 204. The van der Waals surface area contributed by atoms with Gasteiger partial charge in [0.1, 0.15) is 0 Å². The van der Waals surface area contributed by atoms with Crippen LogP contribution in [-0.2, 0) is 4.74 Å². The van der Waals surface area contributed by atoms with Crippen LogP contribution in [0, 0.1) is 5.92 Å². The van der Waals surface area contributed by atoms with Crippen LogP contribution >= 0.6 is 0 Å². The van der Waals surface area contributed by atoms with E-state index < -0.39 is 0 Å². The molecule has 1 N–H and O–H groups in total. The summed E-state index contributed by atoms with van der Waals surface area (Å²) in [6.45, 7) is 9.28. The molecule has 2 fully saturated rings. The third-order valence-electron chi connectivity index (χ3n) is 3.94. The Kier molecular flexibility index (Phi) is 5.75. The molecule has 3 nitrogen and oxygen atoms in total. The molecular weight excluding hydrogens is 212 g/mol. The highest BCUT2D eigenvalue weighted by Gasteiger charge is 2.23. The van der Waals surface area contributed by atoms with Crippen molar-refractivity contribution in [2.45, 2.75) is 45.1 Å². The standard InChI is InChI=1S/C14H28N2O/c1-2-9-17-14-6-4-8-16(12-14)11-13-5-3-7-15-10-13/h13-15H,2-12H2,1H3/t13-,14?/m1/s1. The molecule has 17 heavy (non-hydrogen) atoms. The fraction of sp³-hybridized carbons (Fsp3) is 1.00. The van der Waals surface area contributed by atoms with Crippen molar-refractivity contribution in [3.63, 3.8) is 0 Å². The van der Waals surface area contributed by atoms with Crippen LogP contribution in [0.15, 0.2) is 0 Å². The summed E-state index contributed by atoms with van der Waals surface area (Å²) < 4.78 is 5.89. The van der Waals surface area contributed by atoms with Crippen LogP contribution in [0.4, 0.5) is 0 Å². The van der Waals surface area contributed by atoms with Gasteiger partial charge in [0.2, 0.25) is 0 Å². The number of piperidine rings is 2. The third-order valence-corrected chi connectivity index (χ3v) is 3.94. The number of nitrogens with one attached hydrogen (secondary N) is 1. The normalized spacial score (nSPS) is 31.6. The van der Waals surface area contributed by atoms with Crippen molar-refractivity contribution in [2.75, 3.05) is 39.3 Å². The molecule has 1 unspecified atom stereocenters. The van der Waals surface area contributed by atoms with Crippen molar-refractivity contribution < 1.29 is 4.74 Å². The third kappa shape index (κ3) is 4.57. The molecule has 0 radical (unpaired) electrons. The second-order valence-electron chi connectivity index (χ2n) is 5.61. The summed E-state index contributed by atoms with van der Waals surface area (Å²) in [5.74, 6) is 0.869. The lowest BCUT2D eigenvalue weighted by molar-refractivity contribution is -0.00468. The highest BCUT2D eigenvalue weighted by atomic mass is 16.5. The number of hydrogen-bond donors (Lipinski definition) is 1. The molecule has 100 valence electrons. The smallest absolute Gasteiger partial charge is 0.0702 e. The predicted octanol–water partition coefficient (Wildman–Crippen LogP) is 1.88. The van der Waals surface area contributed by atoms with Gasteiger partial charge in [0.05, 0.1) is 6.10 Å². The van der Waals surface area contributed by atoms with Gasteiger partial charge in [-0.2, -0.15) is 0 Å². The summed E-state index contributed by atoms with van der Waals surface area (Å²) in [4.78, 5) is 2.63. The average molecular weight is 240 g/mol. The number of nitrogens with zero attached hydrogens (tertiary/aromatic N) is 1. The predicted molar refractivity (Wildman–Crippen MR) is 71.3 cm³/mol. The minimum absolute atomic E-state index is 0.500. The molecule has 2 aliphatic rings. The van der Waals surface area contributed by atoms with Gasteiger partial charge < -0.3 is 15.0 Å². The van der Waals surface area contributed by atoms with Gasteiger partial charge in [-0.15, -0.1) is 0 Å². The van der Waals surface area contributed by atoms with Crippen molar-refractivity contribution in [2.24, 2.45) is 5.92 Å². The first kappa shape index (κ1) is 13.3. The zero-order chi connectivity index (χ0) is 11.9.